The van der Waals surface area contributed by atoms with Gasteiger partial charge in [-0.1, -0.05) is 231 Å². The molecule has 0 spiro atoms. The summed E-state index contributed by atoms with van der Waals surface area (Å²) in [6, 6.07) is 0. The minimum Gasteiger partial charge on any atom is -0.462 e. The number of carbonyl (C=O) groups excluding carboxylic acids is 3. The minimum atomic E-state index is -0.825. The van der Waals surface area contributed by atoms with Gasteiger partial charge in [0.1, 0.15) is 13.2 Å². The Hall–Kier alpha value is -4.45. The summed E-state index contributed by atoms with van der Waals surface area (Å²) in [5.74, 6) is -1.04. The lowest BCUT2D eigenvalue weighted by atomic mass is 10.0. The Labute approximate surface area is 417 Å². The highest BCUT2D eigenvalue weighted by molar-refractivity contribution is 5.71. The van der Waals surface area contributed by atoms with E-state index in [9.17, 15) is 14.4 Å². The maximum Gasteiger partial charge on any atom is 0.306 e. The van der Waals surface area contributed by atoms with E-state index in [1.54, 1.807) is 0 Å². The molecule has 68 heavy (non-hydrogen) atoms. The summed E-state index contributed by atoms with van der Waals surface area (Å²) in [5.41, 5.74) is 0. The van der Waals surface area contributed by atoms with Crippen molar-refractivity contribution < 1.29 is 28.6 Å². The largest absolute Gasteiger partial charge is 0.462 e. The van der Waals surface area contributed by atoms with Crippen molar-refractivity contribution >= 4 is 17.9 Å². The van der Waals surface area contributed by atoms with Gasteiger partial charge in [-0.15, -0.1) is 0 Å². The van der Waals surface area contributed by atoms with Gasteiger partial charge >= 0.3 is 17.9 Å². The molecule has 0 amide bonds. The van der Waals surface area contributed by atoms with E-state index in [2.05, 4.69) is 142 Å². The molecule has 0 fully saturated rings. The summed E-state index contributed by atoms with van der Waals surface area (Å²) < 4.78 is 16.7. The number of rotatable bonds is 47. The van der Waals surface area contributed by atoms with Crippen molar-refractivity contribution in [3.8, 4) is 0 Å². The van der Waals surface area contributed by atoms with Crippen molar-refractivity contribution in [2.75, 3.05) is 13.2 Å². The van der Waals surface area contributed by atoms with Gasteiger partial charge in [0.2, 0.25) is 0 Å². The second-order valence-corrected chi connectivity index (χ2v) is 17.4. The van der Waals surface area contributed by atoms with Crippen LogP contribution in [0.25, 0.3) is 0 Å². The first-order valence-electron chi connectivity index (χ1n) is 27.2. The minimum absolute atomic E-state index is 0.122. The number of hydrogen-bond donors (Lipinski definition) is 0. The van der Waals surface area contributed by atoms with Gasteiger partial charge in [0.05, 0.1) is 0 Å². The van der Waals surface area contributed by atoms with E-state index in [-0.39, 0.29) is 37.5 Å². The maximum absolute atomic E-state index is 12.8. The van der Waals surface area contributed by atoms with Gasteiger partial charge in [0.25, 0.3) is 0 Å². The van der Waals surface area contributed by atoms with Crippen molar-refractivity contribution in [2.45, 2.75) is 226 Å². The third kappa shape index (κ3) is 52.5. The summed E-state index contributed by atoms with van der Waals surface area (Å²) in [4.78, 5) is 38.0. The average molecular weight is 939 g/mol. The zero-order valence-corrected chi connectivity index (χ0v) is 43.6. The second kappa shape index (κ2) is 55.1. The highest BCUT2D eigenvalue weighted by Gasteiger charge is 2.19. The Balaban J connectivity index is 4.55. The summed E-state index contributed by atoms with van der Waals surface area (Å²) in [7, 11) is 0. The Morgan fingerprint density at radius 2 is 0.603 bits per heavy atom. The molecule has 0 heterocycles. The van der Waals surface area contributed by atoms with Crippen molar-refractivity contribution in [3.05, 3.63) is 134 Å². The molecule has 0 aromatic carbocycles. The molecule has 0 rings (SSSR count). The number of unbranched alkanes of at least 4 members (excludes halogenated alkanes) is 14. The molecule has 0 bridgehead atoms. The molecule has 0 saturated carbocycles. The van der Waals surface area contributed by atoms with Crippen LogP contribution in [-0.2, 0) is 28.6 Å². The van der Waals surface area contributed by atoms with E-state index >= 15 is 0 Å². The zero-order chi connectivity index (χ0) is 49.3. The number of hydrogen-bond acceptors (Lipinski definition) is 6. The predicted molar refractivity (Wildman–Crippen MR) is 292 cm³/mol. The van der Waals surface area contributed by atoms with Gasteiger partial charge in [-0.25, -0.2) is 0 Å². The Morgan fingerprint density at radius 3 is 0.985 bits per heavy atom. The number of ether oxygens (including phenoxy) is 3. The van der Waals surface area contributed by atoms with E-state index in [4.69, 9.17) is 14.2 Å². The molecule has 0 aromatic rings. The van der Waals surface area contributed by atoms with Gasteiger partial charge in [-0.3, -0.25) is 14.4 Å². The highest BCUT2D eigenvalue weighted by Crippen LogP contribution is 2.14. The fourth-order valence-corrected chi connectivity index (χ4v) is 6.91. The molecular formula is C62H98O6. The predicted octanol–water partition coefficient (Wildman–Crippen LogP) is 18.3. The Morgan fingerprint density at radius 1 is 0.309 bits per heavy atom. The molecule has 6 nitrogen and oxygen atoms in total. The average Bonchev–Trinajstić information content (AvgIpc) is 3.34. The fraction of sp³-hybridized carbons (Fsp3) is 0.597. The molecule has 0 aliphatic carbocycles. The number of esters is 3. The molecule has 6 heteroatoms. The molecule has 0 aromatic heterocycles. The smallest absolute Gasteiger partial charge is 0.306 e. The van der Waals surface area contributed by atoms with Gasteiger partial charge < -0.3 is 14.2 Å². The first-order chi connectivity index (χ1) is 33.5. The van der Waals surface area contributed by atoms with Crippen LogP contribution in [0.15, 0.2) is 134 Å². The summed E-state index contributed by atoms with van der Waals surface area (Å²) in [5, 5.41) is 0. The summed E-state index contributed by atoms with van der Waals surface area (Å²) in [6.07, 6.45) is 77.3. The molecule has 0 unspecified atom stereocenters. The van der Waals surface area contributed by atoms with Crippen LogP contribution in [0.2, 0.25) is 0 Å². The number of carbonyl (C=O) groups is 3. The molecule has 0 radical (unpaired) electrons. The van der Waals surface area contributed by atoms with Gasteiger partial charge in [0, 0.05) is 19.3 Å². The molecule has 0 saturated heterocycles. The van der Waals surface area contributed by atoms with E-state index in [0.29, 0.717) is 19.3 Å². The van der Waals surface area contributed by atoms with E-state index in [1.165, 1.54) is 57.8 Å². The lowest BCUT2D eigenvalue weighted by molar-refractivity contribution is -0.166. The first kappa shape index (κ1) is 63.6. The monoisotopic (exact) mass is 939 g/mol. The normalized spacial score (nSPS) is 13.2. The molecule has 0 aliphatic heterocycles. The van der Waals surface area contributed by atoms with Crippen LogP contribution < -0.4 is 0 Å². The molecule has 0 N–H and O–H groups in total. The van der Waals surface area contributed by atoms with Crippen LogP contribution in [0.4, 0.5) is 0 Å². The lowest BCUT2D eigenvalue weighted by Gasteiger charge is -2.18. The molecular weight excluding hydrogens is 841 g/mol. The zero-order valence-electron chi connectivity index (χ0n) is 43.6. The quantitative estimate of drug-likeness (QED) is 0.0262. The van der Waals surface area contributed by atoms with Crippen molar-refractivity contribution in [2.24, 2.45) is 0 Å². The fourth-order valence-electron chi connectivity index (χ4n) is 6.91. The van der Waals surface area contributed by atoms with Crippen LogP contribution in [-0.4, -0.2) is 37.2 Å². The highest BCUT2D eigenvalue weighted by atomic mass is 16.6. The SMILES string of the molecule is CC/C=C\C/C=C\C/C=C\C/C=C\C/C=C\C/C=C\CCC(=O)OC[C@H](COC(=O)CCCCC/C=C\C/C=C\C/C=C\C/C=C\C/C=C\CC)OC(=O)CCCCCCCCCCCCCC. The molecule has 382 valence electrons. The van der Waals surface area contributed by atoms with E-state index in [0.717, 1.165) is 116 Å². The van der Waals surface area contributed by atoms with Gasteiger partial charge in [-0.2, -0.15) is 0 Å². The topological polar surface area (TPSA) is 78.9 Å². The Bertz CT molecular complexity index is 1500. The first-order valence-corrected chi connectivity index (χ1v) is 27.2. The molecule has 0 aliphatic rings. The molecule has 1 atom stereocenters. The van der Waals surface area contributed by atoms with Crippen LogP contribution in [0.5, 0.6) is 0 Å². The van der Waals surface area contributed by atoms with Crippen molar-refractivity contribution in [1.82, 2.24) is 0 Å². The van der Waals surface area contributed by atoms with Gasteiger partial charge in [0.15, 0.2) is 6.10 Å². The van der Waals surface area contributed by atoms with Crippen LogP contribution in [0.3, 0.4) is 0 Å². The summed E-state index contributed by atoms with van der Waals surface area (Å²) in [6.45, 7) is 6.30. The van der Waals surface area contributed by atoms with Crippen LogP contribution in [0, 0.1) is 0 Å². The lowest BCUT2D eigenvalue weighted by Crippen LogP contribution is -2.30. The second-order valence-electron chi connectivity index (χ2n) is 17.4. The third-order valence-corrected chi connectivity index (χ3v) is 10.9. The van der Waals surface area contributed by atoms with E-state index in [1.807, 2.05) is 12.2 Å². The van der Waals surface area contributed by atoms with Crippen molar-refractivity contribution in [3.63, 3.8) is 0 Å². The van der Waals surface area contributed by atoms with Gasteiger partial charge in [-0.05, 0) is 103 Å². The van der Waals surface area contributed by atoms with E-state index < -0.39 is 6.10 Å². The number of allylic oxidation sites excluding steroid dienone is 22. The van der Waals surface area contributed by atoms with Crippen LogP contribution >= 0.6 is 0 Å². The van der Waals surface area contributed by atoms with Crippen LogP contribution in [0.1, 0.15) is 220 Å². The van der Waals surface area contributed by atoms with Crippen molar-refractivity contribution in [1.29, 1.82) is 0 Å². The maximum atomic E-state index is 12.8. The standard InChI is InChI=1S/C62H98O6/c1-4-7-10-13-16-19-22-25-27-29-31-33-35-37-40-42-45-48-51-54-60(63)66-57-59(68-62(65)56-53-50-47-44-39-24-21-18-15-12-9-6-3)58-67-61(64)55-52-49-46-43-41-38-36-34-32-30-28-26-23-20-17-14-11-8-5-2/h7-8,10-11,16-17,19-20,25-28,31-34,37-38,40-41,45,48,59H,4-6,9,12-15,18,21-24,29-30,35-36,39,42-44,46-47,49-58H2,1-3H3/b10-7-,11-8-,19-16-,20-17-,27-25-,28-26-,33-31-,34-32-,40-37-,41-38-,48-45-/t59-/m1/s1. The summed E-state index contributed by atoms with van der Waals surface area (Å²) >= 11 is 0. The Kier molecular flexibility index (Phi) is 51.5. The third-order valence-electron chi connectivity index (χ3n) is 10.9.